The Labute approximate surface area is 111 Å². The molecule has 3 aliphatic carbocycles. The van der Waals surface area contributed by atoms with E-state index in [0.29, 0.717) is 11.5 Å². The van der Waals surface area contributed by atoms with Crippen LogP contribution < -0.4 is 0 Å². The molecule has 0 amide bonds. The Morgan fingerprint density at radius 1 is 1.22 bits per heavy atom. The molecule has 0 bridgehead atoms. The van der Waals surface area contributed by atoms with Crippen LogP contribution in [0, 0.1) is 23.2 Å². The zero-order valence-electron chi connectivity index (χ0n) is 11.9. The van der Waals surface area contributed by atoms with Gasteiger partial charge in [0.1, 0.15) is 0 Å². The number of fused-ring (bicyclic) bond motifs is 1. The van der Waals surface area contributed by atoms with Crippen molar-refractivity contribution in [2.45, 2.75) is 70.5 Å². The molecule has 0 aromatic carbocycles. The maximum atomic E-state index is 6.02. The minimum absolute atomic E-state index is 0.230. The summed E-state index contributed by atoms with van der Waals surface area (Å²) >= 11 is 0. The van der Waals surface area contributed by atoms with Crippen molar-refractivity contribution in [1.82, 2.24) is 0 Å². The molecular weight excluding hydrogens is 220 g/mol. The third kappa shape index (κ3) is 1.43. The van der Waals surface area contributed by atoms with Crippen molar-refractivity contribution in [2.24, 2.45) is 23.2 Å². The first kappa shape index (κ1) is 11.5. The van der Waals surface area contributed by atoms with Crippen LogP contribution in [0.2, 0.25) is 0 Å². The van der Waals surface area contributed by atoms with Gasteiger partial charge in [-0.25, -0.2) is 0 Å². The Morgan fingerprint density at radius 2 is 2.06 bits per heavy atom. The second-order valence-electron chi connectivity index (χ2n) is 7.96. The second-order valence-corrected chi connectivity index (χ2v) is 7.96. The van der Waals surface area contributed by atoms with Gasteiger partial charge in [-0.05, 0) is 62.2 Å². The van der Waals surface area contributed by atoms with Gasteiger partial charge < -0.3 is 4.74 Å². The van der Waals surface area contributed by atoms with Crippen LogP contribution >= 0.6 is 0 Å². The van der Waals surface area contributed by atoms with Gasteiger partial charge in [0.05, 0.1) is 11.7 Å². The van der Waals surface area contributed by atoms with Gasteiger partial charge in [0.15, 0.2) is 0 Å². The monoisotopic (exact) mass is 246 g/mol. The Hall–Kier alpha value is -0.300. The van der Waals surface area contributed by atoms with Crippen molar-refractivity contribution in [2.75, 3.05) is 0 Å². The molecule has 3 saturated carbocycles. The van der Waals surface area contributed by atoms with Crippen molar-refractivity contribution in [1.29, 1.82) is 0 Å². The first-order valence-electron chi connectivity index (χ1n) is 7.87. The minimum Gasteiger partial charge on any atom is -0.366 e. The molecule has 0 aromatic rings. The third-order valence-corrected chi connectivity index (χ3v) is 6.71. The summed E-state index contributed by atoms with van der Waals surface area (Å²) in [4.78, 5) is 0. The van der Waals surface area contributed by atoms with Gasteiger partial charge in [0.2, 0.25) is 0 Å². The highest BCUT2D eigenvalue weighted by Crippen LogP contribution is 2.66. The van der Waals surface area contributed by atoms with Gasteiger partial charge in [-0.2, -0.15) is 0 Å². The van der Waals surface area contributed by atoms with E-state index in [2.05, 4.69) is 20.4 Å². The summed E-state index contributed by atoms with van der Waals surface area (Å²) in [6.45, 7) is 9.31. The number of allylic oxidation sites excluding steroid dienone is 1. The molecule has 4 aliphatic rings. The fraction of sp³-hybridized carbons (Fsp3) is 0.882. The van der Waals surface area contributed by atoms with Crippen LogP contribution in [0.4, 0.5) is 0 Å². The average Bonchev–Trinajstić information content (AvgIpc) is 2.91. The predicted octanol–water partition coefficient (Wildman–Crippen LogP) is 4.33. The van der Waals surface area contributed by atoms with Gasteiger partial charge in [-0.15, -0.1) is 0 Å². The molecule has 1 heteroatoms. The zero-order valence-corrected chi connectivity index (χ0v) is 11.9. The highest BCUT2D eigenvalue weighted by atomic mass is 16.6. The normalized spacial score (nSPS) is 58.4. The Morgan fingerprint density at radius 3 is 2.89 bits per heavy atom. The summed E-state index contributed by atoms with van der Waals surface area (Å²) in [5.41, 5.74) is 2.42. The van der Waals surface area contributed by atoms with Gasteiger partial charge in [0.25, 0.3) is 0 Å². The minimum atomic E-state index is 0.230. The lowest BCUT2D eigenvalue weighted by molar-refractivity contribution is -0.0919. The van der Waals surface area contributed by atoms with Gasteiger partial charge in [-0.1, -0.05) is 31.9 Å². The van der Waals surface area contributed by atoms with Crippen molar-refractivity contribution in [3.63, 3.8) is 0 Å². The van der Waals surface area contributed by atoms with E-state index in [0.717, 1.165) is 17.8 Å². The zero-order chi connectivity index (χ0) is 12.5. The molecule has 1 aliphatic heterocycles. The SMILES string of the molecule is C=C1CC[C@@H]2O[C@]2(C)C[C@H]2CCC[C@@]3(C)C[C@H]1[C@@H]23. The van der Waals surface area contributed by atoms with Crippen LogP contribution in [0.25, 0.3) is 0 Å². The van der Waals surface area contributed by atoms with Crippen LogP contribution in [-0.4, -0.2) is 11.7 Å². The molecule has 0 radical (unpaired) electrons. The molecule has 1 saturated heterocycles. The molecule has 0 aromatic heterocycles. The summed E-state index contributed by atoms with van der Waals surface area (Å²) in [6.07, 6.45) is 10.1. The predicted molar refractivity (Wildman–Crippen MR) is 73.3 cm³/mol. The van der Waals surface area contributed by atoms with Crippen LogP contribution in [0.5, 0.6) is 0 Å². The van der Waals surface area contributed by atoms with Crippen LogP contribution in [0.1, 0.15) is 58.8 Å². The quantitative estimate of drug-likeness (QED) is 0.458. The van der Waals surface area contributed by atoms with E-state index in [1.54, 1.807) is 5.57 Å². The number of hydrogen-bond acceptors (Lipinski definition) is 1. The molecule has 1 nitrogen and oxygen atoms in total. The molecular formula is C17H26O. The number of ether oxygens (including phenoxy) is 1. The first-order chi connectivity index (χ1) is 8.52. The van der Waals surface area contributed by atoms with E-state index in [-0.39, 0.29) is 5.60 Å². The van der Waals surface area contributed by atoms with Gasteiger partial charge >= 0.3 is 0 Å². The van der Waals surface area contributed by atoms with Crippen molar-refractivity contribution >= 4 is 0 Å². The lowest BCUT2D eigenvalue weighted by atomic mass is 9.44. The van der Waals surface area contributed by atoms with E-state index in [1.807, 2.05) is 0 Å². The summed E-state index contributed by atoms with van der Waals surface area (Å²) < 4.78 is 6.02. The Balaban J connectivity index is 1.66. The maximum Gasteiger partial charge on any atom is 0.0923 e. The largest absolute Gasteiger partial charge is 0.366 e. The van der Waals surface area contributed by atoms with Crippen LogP contribution in [0.3, 0.4) is 0 Å². The van der Waals surface area contributed by atoms with Crippen LogP contribution in [-0.2, 0) is 4.74 Å². The van der Waals surface area contributed by atoms with E-state index >= 15 is 0 Å². The molecule has 0 spiro atoms. The molecule has 0 unspecified atom stereocenters. The lowest BCUT2D eigenvalue weighted by Gasteiger charge is -2.60. The van der Waals surface area contributed by atoms with Gasteiger partial charge in [-0.3, -0.25) is 0 Å². The highest BCUT2D eigenvalue weighted by molar-refractivity contribution is 5.19. The summed E-state index contributed by atoms with van der Waals surface area (Å²) in [6, 6.07) is 0. The lowest BCUT2D eigenvalue weighted by Crippen LogP contribution is -2.53. The fourth-order valence-electron chi connectivity index (χ4n) is 5.69. The number of epoxide rings is 1. The molecule has 6 atom stereocenters. The summed E-state index contributed by atoms with van der Waals surface area (Å²) in [5, 5.41) is 0. The van der Waals surface area contributed by atoms with E-state index in [4.69, 9.17) is 4.74 Å². The summed E-state index contributed by atoms with van der Waals surface area (Å²) in [5.74, 6) is 2.69. The average molecular weight is 246 g/mol. The Kier molecular flexibility index (Phi) is 2.19. The van der Waals surface area contributed by atoms with Crippen molar-refractivity contribution < 1.29 is 4.74 Å². The highest BCUT2D eigenvalue weighted by Gasteiger charge is 2.61. The van der Waals surface area contributed by atoms with E-state index in [9.17, 15) is 0 Å². The number of rotatable bonds is 0. The third-order valence-electron chi connectivity index (χ3n) is 6.71. The molecule has 4 rings (SSSR count). The maximum absolute atomic E-state index is 6.02. The topological polar surface area (TPSA) is 12.5 Å². The molecule has 1 heterocycles. The Bertz CT molecular complexity index is 400. The number of hydrogen-bond donors (Lipinski definition) is 0. The van der Waals surface area contributed by atoms with E-state index in [1.165, 1.54) is 44.9 Å². The van der Waals surface area contributed by atoms with Gasteiger partial charge in [0, 0.05) is 0 Å². The molecule has 4 fully saturated rings. The standard InChI is InChI=1S/C17H26O/c1-11-6-7-14-17(3,18-14)9-12-5-4-8-16(2)10-13(11)15(12)16/h12-15H,1,4-10H2,2-3H3/t12-,13-,14+,15-,16+,17-/m1/s1. The van der Waals surface area contributed by atoms with E-state index < -0.39 is 0 Å². The fourth-order valence-corrected chi connectivity index (χ4v) is 5.69. The van der Waals surface area contributed by atoms with Crippen molar-refractivity contribution in [3.8, 4) is 0 Å². The second kappa shape index (κ2) is 3.42. The smallest absolute Gasteiger partial charge is 0.0923 e. The summed E-state index contributed by atoms with van der Waals surface area (Å²) in [7, 11) is 0. The molecule has 100 valence electrons. The molecule has 18 heavy (non-hydrogen) atoms. The first-order valence-corrected chi connectivity index (χ1v) is 7.87. The van der Waals surface area contributed by atoms with Crippen molar-refractivity contribution in [3.05, 3.63) is 12.2 Å². The molecule has 0 N–H and O–H groups in total. The van der Waals surface area contributed by atoms with Crippen LogP contribution in [0.15, 0.2) is 12.2 Å².